The van der Waals surface area contributed by atoms with Crippen molar-refractivity contribution in [1.82, 2.24) is 5.32 Å². The number of halogens is 3. The zero-order chi connectivity index (χ0) is 22.3. The summed E-state index contributed by atoms with van der Waals surface area (Å²) in [6, 6.07) is 20.2. The molecule has 31 heavy (non-hydrogen) atoms. The summed E-state index contributed by atoms with van der Waals surface area (Å²) < 4.78 is 43.5. The van der Waals surface area contributed by atoms with Gasteiger partial charge < -0.3 is 15.4 Å². The molecule has 0 spiro atoms. The van der Waals surface area contributed by atoms with Gasteiger partial charge >= 0.3 is 6.18 Å². The van der Waals surface area contributed by atoms with Gasteiger partial charge in [-0.05, 0) is 53.1 Å². The van der Waals surface area contributed by atoms with Crippen molar-refractivity contribution in [3.8, 4) is 5.75 Å². The van der Waals surface area contributed by atoms with Gasteiger partial charge in [-0.15, -0.1) is 0 Å². The molecule has 0 aliphatic heterocycles. The van der Waals surface area contributed by atoms with Crippen LogP contribution in [0.15, 0.2) is 72.8 Å². The van der Waals surface area contributed by atoms with E-state index in [1.165, 1.54) is 6.07 Å². The summed E-state index contributed by atoms with van der Waals surface area (Å²) in [5.41, 5.74) is 2.53. The largest absolute Gasteiger partial charge is 0.497 e. The fraction of sp³-hybridized carbons (Fsp3) is 0.208. The van der Waals surface area contributed by atoms with E-state index in [-0.39, 0.29) is 18.9 Å². The van der Waals surface area contributed by atoms with E-state index in [2.05, 4.69) is 10.6 Å². The molecule has 0 heterocycles. The first-order valence-corrected chi connectivity index (χ1v) is 9.72. The molecule has 0 aliphatic rings. The molecule has 3 rings (SSSR count). The molecule has 0 saturated heterocycles. The number of amides is 1. The lowest BCUT2D eigenvalue weighted by molar-refractivity contribution is -0.137. The molecule has 0 unspecified atom stereocenters. The average molecular weight is 428 g/mol. The topological polar surface area (TPSA) is 50.4 Å². The van der Waals surface area contributed by atoms with Crippen LogP contribution in [0.4, 0.5) is 18.9 Å². The number of alkyl halides is 3. The highest BCUT2D eigenvalue weighted by molar-refractivity contribution is 5.78. The molecule has 7 heteroatoms. The highest BCUT2D eigenvalue weighted by Crippen LogP contribution is 2.29. The van der Waals surface area contributed by atoms with Crippen LogP contribution in [0, 0.1) is 0 Å². The zero-order valence-electron chi connectivity index (χ0n) is 17.0. The van der Waals surface area contributed by atoms with Crippen molar-refractivity contribution < 1.29 is 22.7 Å². The summed E-state index contributed by atoms with van der Waals surface area (Å²) >= 11 is 0. The van der Waals surface area contributed by atoms with Crippen LogP contribution in [0.3, 0.4) is 0 Å². The smallest absolute Gasteiger partial charge is 0.416 e. The lowest BCUT2D eigenvalue weighted by Crippen LogP contribution is -2.24. The Hall–Kier alpha value is -3.48. The van der Waals surface area contributed by atoms with Crippen molar-refractivity contribution in [1.29, 1.82) is 0 Å². The first-order valence-electron chi connectivity index (χ1n) is 9.72. The van der Waals surface area contributed by atoms with Gasteiger partial charge in [0.2, 0.25) is 5.91 Å². The van der Waals surface area contributed by atoms with Crippen molar-refractivity contribution in [2.24, 2.45) is 0 Å². The van der Waals surface area contributed by atoms with Gasteiger partial charge in [-0.3, -0.25) is 4.79 Å². The fourth-order valence-corrected chi connectivity index (χ4v) is 2.99. The molecule has 4 nitrogen and oxygen atoms in total. The quantitative estimate of drug-likeness (QED) is 0.520. The Bertz CT molecular complexity index is 1000. The maximum atomic E-state index is 12.8. The zero-order valence-corrected chi connectivity index (χ0v) is 17.0. The molecule has 0 aromatic heterocycles. The van der Waals surface area contributed by atoms with Gasteiger partial charge in [-0.1, -0.05) is 36.4 Å². The Kier molecular flexibility index (Phi) is 7.18. The number of ether oxygens (including phenoxy) is 1. The lowest BCUT2D eigenvalue weighted by atomic mass is 10.1. The minimum atomic E-state index is -4.40. The van der Waals surface area contributed by atoms with Crippen LogP contribution in [0.2, 0.25) is 0 Å². The van der Waals surface area contributed by atoms with Crippen LogP contribution in [-0.4, -0.2) is 13.0 Å². The number of nitrogens with one attached hydrogen (secondary N) is 2. The minimum absolute atomic E-state index is 0.0459. The maximum absolute atomic E-state index is 12.8. The second kappa shape index (κ2) is 10.0. The van der Waals surface area contributed by atoms with E-state index in [1.54, 1.807) is 13.2 Å². The second-order valence-corrected chi connectivity index (χ2v) is 7.05. The van der Waals surface area contributed by atoms with E-state index in [9.17, 15) is 18.0 Å². The highest BCUT2D eigenvalue weighted by atomic mass is 19.4. The van der Waals surface area contributed by atoms with Gasteiger partial charge in [-0.2, -0.15) is 13.2 Å². The molecule has 0 saturated carbocycles. The number of rotatable bonds is 8. The van der Waals surface area contributed by atoms with Crippen LogP contribution < -0.4 is 15.4 Å². The predicted octanol–water partition coefficient (Wildman–Crippen LogP) is 5.19. The summed E-state index contributed by atoms with van der Waals surface area (Å²) in [5, 5.41) is 5.97. The van der Waals surface area contributed by atoms with E-state index in [4.69, 9.17) is 4.74 Å². The first kappa shape index (κ1) is 22.2. The highest BCUT2D eigenvalue weighted by Gasteiger charge is 2.30. The summed E-state index contributed by atoms with van der Waals surface area (Å²) in [6.45, 7) is 0.699. The SMILES string of the molecule is COc1ccc(CNc2ccc(CC(=O)NCc3cccc(C(F)(F)F)c3)cc2)cc1. The van der Waals surface area contributed by atoms with Gasteiger partial charge in [0.15, 0.2) is 0 Å². The van der Waals surface area contributed by atoms with E-state index in [0.717, 1.165) is 34.7 Å². The summed E-state index contributed by atoms with van der Waals surface area (Å²) in [4.78, 5) is 12.2. The first-order chi connectivity index (χ1) is 14.8. The van der Waals surface area contributed by atoms with Crippen molar-refractivity contribution in [2.75, 3.05) is 12.4 Å². The van der Waals surface area contributed by atoms with E-state index in [0.29, 0.717) is 12.1 Å². The molecule has 3 aromatic rings. The second-order valence-electron chi connectivity index (χ2n) is 7.05. The lowest BCUT2D eigenvalue weighted by Gasteiger charge is -2.10. The van der Waals surface area contributed by atoms with E-state index < -0.39 is 11.7 Å². The third kappa shape index (κ3) is 6.77. The van der Waals surface area contributed by atoms with Gasteiger partial charge in [-0.25, -0.2) is 0 Å². The number of carbonyl (C=O) groups excluding carboxylic acids is 1. The van der Waals surface area contributed by atoms with Crippen molar-refractivity contribution in [3.63, 3.8) is 0 Å². The van der Waals surface area contributed by atoms with Crippen LogP contribution in [0.5, 0.6) is 5.75 Å². The standard InChI is InChI=1S/C24H23F3N2O2/c1-31-22-11-7-18(8-12-22)15-28-21-9-5-17(6-10-21)14-23(30)29-16-19-3-2-4-20(13-19)24(25,26)27/h2-13,28H,14-16H2,1H3,(H,29,30). The van der Waals surface area contributed by atoms with Crippen molar-refractivity contribution in [3.05, 3.63) is 95.1 Å². The number of methoxy groups -OCH3 is 1. The van der Waals surface area contributed by atoms with E-state index >= 15 is 0 Å². The van der Waals surface area contributed by atoms with Gasteiger partial charge in [0.1, 0.15) is 5.75 Å². The van der Waals surface area contributed by atoms with Crippen LogP contribution in [-0.2, 0) is 30.5 Å². The number of hydrogen-bond acceptors (Lipinski definition) is 3. The van der Waals surface area contributed by atoms with Gasteiger partial charge in [0, 0.05) is 18.8 Å². The molecule has 162 valence electrons. The van der Waals surface area contributed by atoms with Gasteiger partial charge in [0.05, 0.1) is 19.1 Å². The number of hydrogen-bond donors (Lipinski definition) is 2. The third-order valence-corrected chi connectivity index (χ3v) is 4.72. The Morgan fingerprint density at radius 2 is 1.55 bits per heavy atom. The van der Waals surface area contributed by atoms with Gasteiger partial charge in [0.25, 0.3) is 0 Å². The molecule has 1 amide bonds. The molecule has 2 N–H and O–H groups in total. The molecule has 0 bridgehead atoms. The average Bonchev–Trinajstić information content (AvgIpc) is 2.77. The number of anilines is 1. The summed E-state index contributed by atoms with van der Waals surface area (Å²) in [7, 11) is 1.63. The third-order valence-electron chi connectivity index (χ3n) is 4.72. The normalized spacial score (nSPS) is 11.1. The Morgan fingerprint density at radius 3 is 2.19 bits per heavy atom. The summed E-state index contributed by atoms with van der Waals surface area (Å²) in [5.74, 6) is 0.552. The van der Waals surface area contributed by atoms with E-state index in [1.807, 2.05) is 48.5 Å². The Morgan fingerprint density at radius 1 is 0.871 bits per heavy atom. The fourth-order valence-electron chi connectivity index (χ4n) is 2.99. The predicted molar refractivity (Wildman–Crippen MR) is 114 cm³/mol. The summed E-state index contributed by atoms with van der Waals surface area (Å²) in [6.07, 6.45) is -4.25. The monoisotopic (exact) mass is 428 g/mol. The van der Waals surface area contributed by atoms with Crippen LogP contribution >= 0.6 is 0 Å². The van der Waals surface area contributed by atoms with Crippen LogP contribution in [0.25, 0.3) is 0 Å². The molecule has 0 fully saturated rings. The molecular formula is C24H23F3N2O2. The maximum Gasteiger partial charge on any atom is 0.416 e. The molecule has 0 atom stereocenters. The molecular weight excluding hydrogens is 405 g/mol. The molecule has 0 aliphatic carbocycles. The Labute approximate surface area is 179 Å². The van der Waals surface area contributed by atoms with Crippen molar-refractivity contribution >= 4 is 11.6 Å². The van der Waals surface area contributed by atoms with Crippen LogP contribution in [0.1, 0.15) is 22.3 Å². The molecule has 3 aromatic carbocycles. The Balaban J connectivity index is 1.47. The number of carbonyl (C=O) groups is 1. The van der Waals surface area contributed by atoms with Crippen molar-refractivity contribution in [2.45, 2.75) is 25.7 Å². The number of benzene rings is 3. The minimum Gasteiger partial charge on any atom is -0.497 e. The molecule has 0 radical (unpaired) electrons.